The summed E-state index contributed by atoms with van der Waals surface area (Å²) in [6.07, 6.45) is 4.09. The van der Waals surface area contributed by atoms with Gasteiger partial charge in [0.2, 0.25) is 0 Å². The summed E-state index contributed by atoms with van der Waals surface area (Å²) < 4.78 is 69.5. The number of hydrogen-bond donors (Lipinski definition) is 0. The van der Waals surface area contributed by atoms with Gasteiger partial charge in [-0.15, -0.1) is 0 Å². The number of rotatable bonds is 10. The molecule has 0 aliphatic heterocycles. The summed E-state index contributed by atoms with van der Waals surface area (Å²) in [5.41, 5.74) is -1.11. The lowest BCUT2D eigenvalue weighted by Crippen LogP contribution is -2.51. The van der Waals surface area contributed by atoms with Gasteiger partial charge in [0, 0.05) is 23.9 Å². The van der Waals surface area contributed by atoms with Crippen molar-refractivity contribution in [3.8, 4) is 0 Å². The second-order valence-electron chi connectivity index (χ2n) is 13.3. The smallest absolute Gasteiger partial charge is 0.417 e. The van der Waals surface area contributed by atoms with Crippen molar-refractivity contribution in [3.63, 3.8) is 0 Å². The standard InChI is InChI=1S/C34H44F4N2O4/c1-39(2)21-33(19-23-17-25(35)11-13-27(23)37)15-7-5-9-29(33)43-31(41)32(42)44-30-10-6-8-16-34(30,22-40(3)4)20-24-18-26(36)12-14-28(24)38/h11-14,17-18,29-30H,5-10,15-16,19-22H2,1-4H3. The predicted octanol–water partition coefficient (Wildman–Crippen LogP) is 6.10. The zero-order chi connectivity index (χ0) is 32.1. The quantitative estimate of drug-likeness (QED) is 0.182. The Hall–Kier alpha value is -2.98. The maximum atomic E-state index is 14.8. The zero-order valence-corrected chi connectivity index (χ0v) is 26.1. The fraction of sp³-hybridized carbons (Fsp3) is 0.588. The fourth-order valence-electron chi connectivity index (χ4n) is 7.52. The summed E-state index contributed by atoms with van der Waals surface area (Å²) in [6, 6.07) is 6.66. The monoisotopic (exact) mass is 620 g/mol. The normalized spacial score (nSPS) is 25.7. The van der Waals surface area contributed by atoms with Crippen molar-refractivity contribution in [1.82, 2.24) is 9.80 Å². The molecule has 0 radical (unpaired) electrons. The van der Waals surface area contributed by atoms with Gasteiger partial charge in [0.05, 0.1) is 0 Å². The molecule has 0 heterocycles. The SMILES string of the molecule is CN(C)CC1(Cc2cc(F)ccc2F)CCCCC1OC(=O)C(=O)OC1CCCCC1(Cc1cc(F)ccc1F)CN(C)C. The van der Waals surface area contributed by atoms with Gasteiger partial charge in [0.25, 0.3) is 0 Å². The maximum absolute atomic E-state index is 14.8. The van der Waals surface area contributed by atoms with E-state index in [4.69, 9.17) is 9.47 Å². The molecule has 0 spiro atoms. The van der Waals surface area contributed by atoms with E-state index in [1.165, 1.54) is 12.1 Å². The number of esters is 2. The fourth-order valence-corrected chi connectivity index (χ4v) is 7.52. The molecular weight excluding hydrogens is 576 g/mol. The Labute approximate surface area is 257 Å². The van der Waals surface area contributed by atoms with Crippen LogP contribution in [0.3, 0.4) is 0 Å². The van der Waals surface area contributed by atoms with Gasteiger partial charge in [0.1, 0.15) is 35.5 Å². The highest BCUT2D eigenvalue weighted by atomic mass is 19.1. The van der Waals surface area contributed by atoms with Crippen LogP contribution in [0.2, 0.25) is 0 Å². The number of carbonyl (C=O) groups excluding carboxylic acids is 2. The van der Waals surface area contributed by atoms with Crippen LogP contribution in [0.25, 0.3) is 0 Å². The molecule has 2 aliphatic rings. The lowest BCUT2D eigenvalue weighted by molar-refractivity contribution is -0.186. The van der Waals surface area contributed by atoms with E-state index in [9.17, 15) is 27.2 Å². The van der Waals surface area contributed by atoms with E-state index in [0.717, 1.165) is 49.9 Å². The first kappa shape index (κ1) is 33.9. The second-order valence-corrected chi connectivity index (χ2v) is 13.3. The Bertz CT molecular complexity index is 1220. The predicted molar refractivity (Wildman–Crippen MR) is 159 cm³/mol. The molecule has 6 nitrogen and oxygen atoms in total. The summed E-state index contributed by atoms with van der Waals surface area (Å²) in [7, 11) is 7.45. The van der Waals surface area contributed by atoms with Crippen molar-refractivity contribution >= 4 is 11.9 Å². The van der Waals surface area contributed by atoms with Crippen LogP contribution < -0.4 is 0 Å². The van der Waals surface area contributed by atoms with Crippen molar-refractivity contribution in [3.05, 3.63) is 70.8 Å². The number of carbonyl (C=O) groups is 2. The van der Waals surface area contributed by atoms with Crippen molar-refractivity contribution in [2.24, 2.45) is 10.8 Å². The van der Waals surface area contributed by atoms with Gasteiger partial charge >= 0.3 is 11.9 Å². The minimum absolute atomic E-state index is 0.134. The molecular formula is C34H44F4N2O4. The summed E-state index contributed by atoms with van der Waals surface area (Å²) in [6.45, 7) is 0.868. The van der Waals surface area contributed by atoms with Crippen LogP contribution in [0, 0.1) is 34.1 Å². The largest absolute Gasteiger partial charge is 0.453 e. The van der Waals surface area contributed by atoms with E-state index in [1.54, 1.807) is 0 Å². The summed E-state index contributed by atoms with van der Waals surface area (Å²) in [5, 5.41) is 0. The van der Waals surface area contributed by atoms with Crippen LogP contribution in [-0.2, 0) is 31.9 Å². The first-order valence-electron chi connectivity index (χ1n) is 15.4. The van der Waals surface area contributed by atoms with Crippen molar-refractivity contribution in [1.29, 1.82) is 0 Å². The lowest BCUT2D eigenvalue weighted by Gasteiger charge is -2.46. The van der Waals surface area contributed by atoms with Gasteiger partial charge in [-0.25, -0.2) is 27.2 Å². The molecule has 2 aromatic rings. The Morgan fingerprint density at radius 3 is 1.43 bits per heavy atom. The van der Waals surface area contributed by atoms with Crippen molar-refractivity contribution in [2.75, 3.05) is 41.3 Å². The first-order valence-corrected chi connectivity index (χ1v) is 15.4. The minimum Gasteiger partial charge on any atom is -0.453 e. The van der Waals surface area contributed by atoms with Crippen LogP contribution in [0.5, 0.6) is 0 Å². The maximum Gasteiger partial charge on any atom is 0.417 e. The molecule has 44 heavy (non-hydrogen) atoms. The molecule has 0 bridgehead atoms. The number of halogens is 4. The van der Waals surface area contributed by atoms with Crippen LogP contribution >= 0.6 is 0 Å². The molecule has 2 aromatic carbocycles. The van der Waals surface area contributed by atoms with Gasteiger partial charge in [-0.2, -0.15) is 0 Å². The molecule has 2 saturated carbocycles. The van der Waals surface area contributed by atoms with Crippen LogP contribution in [0.4, 0.5) is 17.6 Å². The minimum atomic E-state index is -1.14. The van der Waals surface area contributed by atoms with Gasteiger partial charge in [-0.05, 0) is 127 Å². The van der Waals surface area contributed by atoms with Gasteiger partial charge in [0.15, 0.2) is 0 Å². The van der Waals surface area contributed by atoms with Crippen molar-refractivity contribution in [2.45, 2.75) is 76.4 Å². The van der Waals surface area contributed by atoms with E-state index in [2.05, 4.69) is 0 Å². The summed E-state index contributed by atoms with van der Waals surface area (Å²) in [4.78, 5) is 30.6. The van der Waals surface area contributed by atoms with Crippen molar-refractivity contribution < 1.29 is 36.6 Å². The molecule has 10 heteroatoms. The van der Waals surface area contributed by atoms with E-state index in [0.29, 0.717) is 38.8 Å². The number of hydrogen-bond acceptors (Lipinski definition) is 6. The van der Waals surface area contributed by atoms with E-state index in [-0.39, 0.29) is 24.0 Å². The molecule has 0 aromatic heterocycles. The Morgan fingerprint density at radius 2 is 1.07 bits per heavy atom. The van der Waals surface area contributed by atoms with Crippen LogP contribution in [0.15, 0.2) is 36.4 Å². The number of benzene rings is 2. The molecule has 2 fully saturated rings. The average Bonchev–Trinajstić information content (AvgIpc) is 2.94. The number of nitrogens with zero attached hydrogens (tertiary/aromatic N) is 2. The van der Waals surface area contributed by atoms with Crippen LogP contribution in [-0.4, -0.2) is 75.2 Å². The van der Waals surface area contributed by atoms with E-state index in [1.807, 2.05) is 38.0 Å². The molecule has 4 rings (SSSR count). The highest BCUT2D eigenvalue weighted by Crippen LogP contribution is 2.44. The first-order chi connectivity index (χ1) is 20.8. The summed E-state index contributed by atoms with van der Waals surface area (Å²) in [5.74, 6) is -4.46. The molecule has 4 atom stereocenters. The Morgan fingerprint density at radius 1 is 0.682 bits per heavy atom. The molecule has 0 amide bonds. The molecule has 2 aliphatic carbocycles. The molecule has 0 saturated heterocycles. The van der Waals surface area contributed by atoms with Crippen LogP contribution in [0.1, 0.15) is 62.5 Å². The number of ether oxygens (including phenoxy) is 2. The molecule has 0 N–H and O–H groups in total. The van der Waals surface area contributed by atoms with E-state index >= 15 is 0 Å². The molecule has 4 unspecified atom stereocenters. The Balaban J connectivity index is 1.56. The molecule has 242 valence electrons. The average molecular weight is 621 g/mol. The zero-order valence-electron chi connectivity index (χ0n) is 26.1. The third-order valence-electron chi connectivity index (χ3n) is 9.18. The lowest BCUT2D eigenvalue weighted by atomic mass is 9.67. The third kappa shape index (κ3) is 8.18. The van der Waals surface area contributed by atoms with Gasteiger partial charge in [-0.1, -0.05) is 12.8 Å². The highest BCUT2D eigenvalue weighted by molar-refractivity contribution is 6.29. The highest BCUT2D eigenvalue weighted by Gasteiger charge is 2.47. The Kier molecular flexibility index (Phi) is 11.1. The van der Waals surface area contributed by atoms with Gasteiger partial charge in [-0.3, -0.25) is 0 Å². The van der Waals surface area contributed by atoms with Gasteiger partial charge < -0.3 is 19.3 Å². The topological polar surface area (TPSA) is 59.1 Å². The summed E-state index contributed by atoms with van der Waals surface area (Å²) >= 11 is 0. The second kappa shape index (κ2) is 14.4. The van der Waals surface area contributed by atoms with E-state index < -0.39 is 58.2 Å². The third-order valence-corrected chi connectivity index (χ3v) is 9.18.